The highest BCUT2D eigenvalue weighted by molar-refractivity contribution is 7.89. The Morgan fingerprint density at radius 2 is 1.86 bits per heavy atom. The number of nitrogens with two attached hydrogens (primary N) is 1. The van der Waals surface area contributed by atoms with Gasteiger partial charge in [0.1, 0.15) is 19.0 Å². The molecule has 0 aliphatic carbocycles. The molecule has 0 heterocycles. The average molecular weight is 219 g/mol. The van der Waals surface area contributed by atoms with Gasteiger partial charge in [0.15, 0.2) is 0 Å². The lowest BCUT2D eigenvalue weighted by molar-refractivity contribution is 0.273. The lowest BCUT2D eigenvalue weighted by atomic mass is 10.3. The van der Waals surface area contributed by atoms with Crippen molar-refractivity contribution in [3.8, 4) is 5.75 Å². The van der Waals surface area contributed by atoms with E-state index in [2.05, 4.69) is 0 Å². The summed E-state index contributed by atoms with van der Waals surface area (Å²) in [7, 11) is -3.67. The van der Waals surface area contributed by atoms with Crippen molar-refractivity contribution >= 4 is 10.0 Å². The maximum absolute atomic E-state index is 11.7. The van der Waals surface area contributed by atoms with Crippen LogP contribution in [-0.4, -0.2) is 21.7 Å². The minimum Gasteiger partial charge on any atom is -0.491 e. The second-order valence-electron chi connectivity index (χ2n) is 2.55. The largest absolute Gasteiger partial charge is 0.491 e. The second kappa shape index (κ2) is 4.39. The Morgan fingerprint density at radius 3 is 2.29 bits per heavy atom. The highest BCUT2D eigenvalue weighted by Crippen LogP contribution is 2.14. The maximum atomic E-state index is 11.7. The third-order valence-electron chi connectivity index (χ3n) is 1.50. The van der Waals surface area contributed by atoms with Gasteiger partial charge in [0.25, 0.3) is 0 Å². The third-order valence-corrected chi connectivity index (χ3v) is 2.43. The van der Waals surface area contributed by atoms with E-state index in [-0.39, 0.29) is 11.5 Å². The molecule has 78 valence electrons. The quantitative estimate of drug-likeness (QED) is 0.809. The van der Waals surface area contributed by atoms with Gasteiger partial charge >= 0.3 is 0 Å². The summed E-state index contributed by atoms with van der Waals surface area (Å²) in [6.07, 6.45) is 0. The van der Waals surface area contributed by atoms with Crippen LogP contribution in [0.4, 0.5) is 4.39 Å². The van der Waals surface area contributed by atoms with Crippen LogP contribution in [0.25, 0.3) is 0 Å². The van der Waals surface area contributed by atoms with Crippen molar-refractivity contribution in [3.63, 3.8) is 0 Å². The van der Waals surface area contributed by atoms with E-state index >= 15 is 0 Å². The first-order chi connectivity index (χ1) is 6.54. The standard InChI is InChI=1S/C8H10FNO3S/c9-5-6-13-7-1-3-8(4-2-7)14(10,11)12/h1-4H,5-6H2,(H2,10,11,12). The van der Waals surface area contributed by atoms with E-state index in [1.165, 1.54) is 24.3 Å². The highest BCUT2D eigenvalue weighted by Gasteiger charge is 2.06. The zero-order valence-corrected chi connectivity index (χ0v) is 8.13. The van der Waals surface area contributed by atoms with Gasteiger partial charge in [-0.3, -0.25) is 0 Å². The van der Waals surface area contributed by atoms with Gasteiger partial charge in [-0.1, -0.05) is 0 Å². The zero-order valence-electron chi connectivity index (χ0n) is 7.31. The Bertz CT molecular complexity index is 388. The van der Waals surface area contributed by atoms with Gasteiger partial charge < -0.3 is 4.74 Å². The van der Waals surface area contributed by atoms with Crippen LogP contribution in [0, 0.1) is 0 Å². The Balaban J connectivity index is 2.79. The van der Waals surface area contributed by atoms with Crippen molar-refractivity contribution in [1.29, 1.82) is 0 Å². The van der Waals surface area contributed by atoms with Crippen LogP contribution in [-0.2, 0) is 10.0 Å². The number of ether oxygens (including phenoxy) is 1. The van der Waals surface area contributed by atoms with Crippen LogP contribution in [0.5, 0.6) is 5.75 Å². The predicted octanol–water partition coefficient (Wildman–Crippen LogP) is 0.682. The van der Waals surface area contributed by atoms with Crippen LogP contribution in [0.15, 0.2) is 29.2 Å². The fraction of sp³-hybridized carbons (Fsp3) is 0.250. The Labute approximate surface area is 81.5 Å². The van der Waals surface area contributed by atoms with E-state index in [0.29, 0.717) is 5.75 Å². The van der Waals surface area contributed by atoms with Crippen LogP contribution >= 0.6 is 0 Å². The second-order valence-corrected chi connectivity index (χ2v) is 4.12. The van der Waals surface area contributed by atoms with Crippen molar-refractivity contribution in [2.45, 2.75) is 4.90 Å². The molecule has 0 radical (unpaired) electrons. The predicted molar refractivity (Wildman–Crippen MR) is 49.3 cm³/mol. The van der Waals surface area contributed by atoms with Crippen LogP contribution in [0.2, 0.25) is 0 Å². The number of benzene rings is 1. The Kier molecular flexibility index (Phi) is 3.43. The first-order valence-electron chi connectivity index (χ1n) is 3.85. The number of hydrogen-bond acceptors (Lipinski definition) is 3. The average Bonchev–Trinajstić information content (AvgIpc) is 2.14. The zero-order chi connectivity index (χ0) is 10.6. The van der Waals surface area contributed by atoms with E-state index in [4.69, 9.17) is 9.88 Å². The third kappa shape index (κ3) is 2.97. The van der Waals surface area contributed by atoms with Crippen LogP contribution < -0.4 is 9.88 Å². The summed E-state index contributed by atoms with van der Waals surface area (Å²) in [5.74, 6) is 0.412. The fourth-order valence-electron chi connectivity index (χ4n) is 0.882. The van der Waals surface area contributed by atoms with Crippen molar-refractivity contribution in [3.05, 3.63) is 24.3 Å². The molecule has 0 fully saturated rings. The van der Waals surface area contributed by atoms with Gasteiger partial charge in [-0.25, -0.2) is 17.9 Å². The van der Waals surface area contributed by atoms with Gasteiger partial charge in [0.2, 0.25) is 10.0 Å². The van der Waals surface area contributed by atoms with Crippen LogP contribution in [0.1, 0.15) is 0 Å². The molecule has 1 aromatic rings. The molecule has 0 aliphatic heterocycles. The molecule has 0 unspecified atom stereocenters. The summed E-state index contributed by atoms with van der Waals surface area (Å²) < 4.78 is 38.3. The number of rotatable bonds is 4. The molecule has 1 aromatic carbocycles. The smallest absolute Gasteiger partial charge is 0.238 e. The molecule has 2 N–H and O–H groups in total. The van der Waals surface area contributed by atoms with Gasteiger partial charge in [-0.15, -0.1) is 0 Å². The number of primary sulfonamides is 1. The summed E-state index contributed by atoms with van der Waals surface area (Å²) in [6.45, 7) is -0.633. The summed E-state index contributed by atoms with van der Waals surface area (Å²) >= 11 is 0. The molecular weight excluding hydrogens is 209 g/mol. The molecule has 0 spiro atoms. The van der Waals surface area contributed by atoms with Crippen molar-refractivity contribution < 1.29 is 17.5 Å². The topological polar surface area (TPSA) is 69.4 Å². The highest BCUT2D eigenvalue weighted by atomic mass is 32.2. The lowest BCUT2D eigenvalue weighted by Crippen LogP contribution is -2.11. The molecule has 0 atom stereocenters. The molecule has 4 nitrogen and oxygen atoms in total. The van der Waals surface area contributed by atoms with Gasteiger partial charge in [-0.2, -0.15) is 0 Å². The summed E-state index contributed by atoms with van der Waals surface area (Å²) in [5, 5.41) is 4.88. The Hall–Kier alpha value is -1.14. The molecule has 0 aliphatic rings. The molecule has 6 heteroatoms. The Morgan fingerprint density at radius 1 is 1.29 bits per heavy atom. The van der Waals surface area contributed by atoms with Crippen molar-refractivity contribution in [1.82, 2.24) is 0 Å². The minimum atomic E-state index is -3.67. The summed E-state index contributed by atoms with van der Waals surface area (Å²) in [5.41, 5.74) is 0. The molecule has 0 saturated carbocycles. The normalized spacial score (nSPS) is 11.3. The molecule has 1 rings (SSSR count). The number of sulfonamides is 1. The summed E-state index contributed by atoms with van der Waals surface area (Å²) in [4.78, 5) is 0.00472. The lowest BCUT2D eigenvalue weighted by Gasteiger charge is -2.03. The molecule has 14 heavy (non-hydrogen) atoms. The van der Waals surface area contributed by atoms with Gasteiger partial charge in [0, 0.05) is 0 Å². The summed E-state index contributed by atoms with van der Waals surface area (Å²) in [6, 6.07) is 5.47. The van der Waals surface area contributed by atoms with Crippen molar-refractivity contribution in [2.24, 2.45) is 5.14 Å². The SMILES string of the molecule is NS(=O)(=O)c1ccc(OCCF)cc1. The molecule has 0 aromatic heterocycles. The molecular formula is C8H10FNO3S. The van der Waals surface area contributed by atoms with Gasteiger partial charge in [-0.05, 0) is 24.3 Å². The van der Waals surface area contributed by atoms with Crippen molar-refractivity contribution in [2.75, 3.05) is 13.3 Å². The van der Waals surface area contributed by atoms with E-state index in [0.717, 1.165) is 0 Å². The van der Waals surface area contributed by atoms with Crippen LogP contribution in [0.3, 0.4) is 0 Å². The minimum absolute atomic E-state index is 0.00472. The first kappa shape index (κ1) is 10.9. The van der Waals surface area contributed by atoms with E-state index < -0.39 is 16.7 Å². The monoisotopic (exact) mass is 219 g/mol. The fourth-order valence-corrected chi connectivity index (χ4v) is 1.40. The first-order valence-corrected chi connectivity index (χ1v) is 5.40. The number of halogens is 1. The van der Waals surface area contributed by atoms with E-state index in [1.54, 1.807) is 0 Å². The van der Waals surface area contributed by atoms with E-state index in [9.17, 15) is 12.8 Å². The molecule has 0 bridgehead atoms. The molecule has 0 amide bonds. The maximum Gasteiger partial charge on any atom is 0.238 e. The number of alkyl halides is 1. The molecule has 0 saturated heterocycles. The van der Waals surface area contributed by atoms with E-state index in [1.807, 2.05) is 0 Å². The van der Waals surface area contributed by atoms with Gasteiger partial charge in [0.05, 0.1) is 4.90 Å². The number of hydrogen-bond donors (Lipinski definition) is 1.